The lowest BCUT2D eigenvalue weighted by Crippen LogP contribution is -2.50. The van der Waals surface area contributed by atoms with E-state index in [0.29, 0.717) is 34.7 Å². The van der Waals surface area contributed by atoms with Crippen molar-refractivity contribution in [3.8, 4) is 28.7 Å². The summed E-state index contributed by atoms with van der Waals surface area (Å²) in [6.45, 7) is 15.2. The summed E-state index contributed by atoms with van der Waals surface area (Å²) in [4.78, 5) is 0. The van der Waals surface area contributed by atoms with Crippen molar-refractivity contribution >= 4 is 8.32 Å². The summed E-state index contributed by atoms with van der Waals surface area (Å²) < 4.78 is 31.0. The van der Waals surface area contributed by atoms with E-state index < -0.39 is 8.32 Å². The molecule has 3 aromatic rings. The van der Waals surface area contributed by atoms with Gasteiger partial charge in [0, 0.05) is 6.04 Å². The van der Waals surface area contributed by atoms with Gasteiger partial charge in [-0.25, -0.2) is 0 Å². The summed E-state index contributed by atoms with van der Waals surface area (Å²) in [6, 6.07) is 18.9. The van der Waals surface area contributed by atoms with E-state index >= 15 is 0 Å². The van der Waals surface area contributed by atoms with Gasteiger partial charge in [-0.15, -0.1) is 0 Å². The van der Waals surface area contributed by atoms with Crippen molar-refractivity contribution in [1.29, 1.82) is 0 Å². The Labute approximate surface area is 253 Å². The molecule has 0 saturated carbocycles. The molecule has 1 heterocycles. The summed E-state index contributed by atoms with van der Waals surface area (Å²) in [7, 11) is 2.82. The highest BCUT2D eigenvalue weighted by atomic mass is 28.4. The molecule has 0 fully saturated rings. The van der Waals surface area contributed by atoms with Crippen LogP contribution >= 0.6 is 0 Å². The molecule has 0 saturated heterocycles. The Bertz CT molecular complexity index is 1300. The first-order chi connectivity index (χ1) is 20.1. The van der Waals surface area contributed by atoms with Crippen LogP contribution in [-0.4, -0.2) is 36.2 Å². The molecule has 0 unspecified atom stereocenters. The first-order valence-electron chi connectivity index (χ1n) is 15.2. The lowest BCUT2D eigenvalue weighted by Gasteiger charge is -2.42. The summed E-state index contributed by atoms with van der Waals surface area (Å²) >= 11 is 0. The highest BCUT2D eigenvalue weighted by Gasteiger charge is 2.47. The second-order valence-corrected chi connectivity index (χ2v) is 17.6. The zero-order chi connectivity index (χ0) is 30.4. The van der Waals surface area contributed by atoms with Gasteiger partial charge in [-0.1, -0.05) is 71.9 Å². The van der Waals surface area contributed by atoms with Gasteiger partial charge in [0.1, 0.15) is 6.61 Å². The molecule has 0 spiro atoms. The number of hydrogen-bond acceptors (Lipinski definition) is 6. The average Bonchev–Trinajstić information content (AvgIpc) is 2.98. The molecule has 228 valence electrons. The molecule has 1 aliphatic rings. The smallest absolute Gasteiger partial charge is 0.258 e. The van der Waals surface area contributed by atoms with Crippen LogP contribution in [0.15, 0.2) is 54.6 Å². The van der Waals surface area contributed by atoms with E-state index in [-0.39, 0.29) is 6.04 Å². The van der Waals surface area contributed by atoms with Gasteiger partial charge in [-0.05, 0) is 82.5 Å². The number of nitrogens with one attached hydrogen (secondary N) is 1. The molecule has 3 aromatic carbocycles. The zero-order valence-corrected chi connectivity index (χ0v) is 27.9. The number of rotatable bonds is 13. The first-order valence-corrected chi connectivity index (χ1v) is 17.3. The monoisotopic (exact) mass is 591 g/mol. The van der Waals surface area contributed by atoms with E-state index in [1.54, 1.807) is 21.3 Å². The molecule has 0 aliphatic carbocycles. The van der Waals surface area contributed by atoms with Crippen LogP contribution in [0.1, 0.15) is 69.8 Å². The Morgan fingerprint density at radius 2 is 1.36 bits per heavy atom. The van der Waals surface area contributed by atoms with Crippen molar-refractivity contribution in [2.75, 3.05) is 27.9 Å². The predicted octanol–water partition coefficient (Wildman–Crippen LogP) is 8.28. The zero-order valence-electron chi connectivity index (χ0n) is 26.9. The highest BCUT2D eigenvalue weighted by molar-refractivity contribution is 6.78. The Kier molecular flexibility index (Phi) is 10.5. The van der Waals surface area contributed by atoms with Crippen molar-refractivity contribution in [3.05, 3.63) is 76.9 Å². The quantitative estimate of drug-likeness (QED) is 0.202. The third-order valence-electron chi connectivity index (χ3n) is 8.76. The van der Waals surface area contributed by atoms with Crippen molar-refractivity contribution in [1.82, 2.24) is 5.32 Å². The van der Waals surface area contributed by atoms with Crippen LogP contribution in [-0.2, 0) is 19.4 Å². The van der Waals surface area contributed by atoms with Crippen LogP contribution in [0.4, 0.5) is 0 Å². The number of fused-ring (bicyclic) bond motifs is 1. The normalized spacial score (nSPS) is 15.1. The molecule has 1 aliphatic heterocycles. The molecule has 1 N–H and O–H groups in total. The third kappa shape index (κ3) is 6.57. The van der Waals surface area contributed by atoms with Crippen LogP contribution in [0.25, 0.3) is 0 Å². The van der Waals surface area contributed by atoms with Gasteiger partial charge in [0.15, 0.2) is 23.0 Å². The highest BCUT2D eigenvalue weighted by Crippen LogP contribution is 2.48. The Morgan fingerprint density at radius 1 is 0.738 bits per heavy atom. The van der Waals surface area contributed by atoms with E-state index in [0.717, 1.165) is 47.8 Å². The van der Waals surface area contributed by atoms with Crippen molar-refractivity contribution in [3.63, 3.8) is 0 Å². The van der Waals surface area contributed by atoms with Crippen LogP contribution in [0.2, 0.25) is 16.6 Å². The van der Waals surface area contributed by atoms with Crippen LogP contribution in [0, 0.1) is 0 Å². The van der Waals surface area contributed by atoms with Gasteiger partial charge in [0.25, 0.3) is 8.32 Å². The minimum absolute atomic E-state index is 0.110. The summed E-state index contributed by atoms with van der Waals surface area (Å²) in [5.41, 5.74) is 6.03. The molecule has 4 rings (SSSR count). The topological polar surface area (TPSA) is 58.2 Å². The van der Waals surface area contributed by atoms with E-state index in [1.165, 1.54) is 11.1 Å². The molecule has 42 heavy (non-hydrogen) atoms. The van der Waals surface area contributed by atoms with Gasteiger partial charge in [0.05, 0.1) is 21.3 Å². The molecule has 6 nitrogen and oxygen atoms in total. The van der Waals surface area contributed by atoms with Crippen molar-refractivity contribution < 1.29 is 23.4 Å². The SMILES string of the molecule is COc1cc2c(cc1OC)[C@@H](Cc1cc(OCc3ccccc3)c(OC)c(O[Si](C(C)C)(C(C)C)C(C)C)c1)NCC2. The maximum Gasteiger partial charge on any atom is 0.258 e. The summed E-state index contributed by atoms with van der Waals surface area (Å²) in [5.74, 6) is 3.67. The maximum atomic E-state index is 7.24. The van der Waals surface area contributed by atoms with E-state index in [1.807, 2.05) is 18.2 Å². The maximum absolute atomic E-state index is 7.24. The second kappa shape index (κ2) is 13.9. The Balaban J connectivity index is 1.78. The fourth-order valence-electron chi connectivity index (χ4n) is 6.80. The fourth-order valence-corrected chi connectivity index (χ4v) is 12.0. The molecule has 0 radical (unpaired) electrons. The van der Waals surface area contributed by atoms with E-state index in [4.69, 9.17) is 23.4 Å². The Hall–Kier alpha value is -3.16. The number of benzene rings is 3. The average molecular weight is 592 g/mol. The van der Waals surface area contributed by atoms with E-state index in [2.05, 4.69) is 83.3 Å². The molecule has 7 heteroatoms. The van der Waals surface area contributed by atoms with Crippen LogP contribution < -0.4 is 28.7 Å². The molecule has 0 bridgehead atoms. The lowest BCUT2D eigenvalue weighted by molar-refractivity contribution is 0.279. The number of hydrogen-bond donors (Lipinski definition) is 1. The minimum atomic E-state index is -2.26. The number of ether oxygens (including phenoxy) is 4. The molecular weight excluding hydrogens is 542 g/mol. The lowest BCUT2D eigenvalue weighted by atomic mass is 9.89. The third-order valence-corrected chi connectivity index (χ3v) is 14.7. The van der Waals surface area contributed by atoms with Crippen molar-refractivity contribution in [2.24, 2.45) is 0 Å². The molecule has 0 amide bonds. The molecular formula is C35H49NO5Si. The molecule has 1 atom stereocenters. The standard InChI is InChI=1S/C35H49NO5Si/c1-23(2)42(24(3)4,25(5)6)41-34-19-27(18-33(35(34)39-9)40-22-26-13-11-10-12-14-26)17-30-29-21-32(38-8)31(37-7)20-28(29)15-16-36-30/h10-14,18-21,23-25,30,36H,15-17,22H2,1-9H3/t30-/m1/s1. The minimum Gasteiger partial charge on any atom is -0.540 e. The first kappa shape index (κ1) is 31.8. The van der Waals surface area contributed by atoms with Gasteiger partial charge in [-0.3, -0.25) is 0 Å². The van der Waals surface area contributed by atoms with Gasteiger partial charge < -0.3 is 28.7 Å². The van der Waals surface area contributed by atoms with Crippen molar-refractivity contribution in [2.45, 2.75) is 83.7 Å². The van der Waals surface area contributed by atoms with Gasteiger partial charge in [0.2, 0.25) is 5.75 Å². The number of methoxy groups -OCH3 is 3. The fraction of sp³-hybridized carbons (Fsp3) is 0.486. The van der Waals surface area contributed by atoms with E-state index in [9.17, 15) is 0 Å². The Morgan fingerprint density at radius 3 is 1.95 bits per heavy atom. The van der Waals surface area contributed by atoms with Crippen LogP contribution in [0.3, 0.4) is 0 Å². The predicted molar refractivity (Wildman–Crippen MR) is 173 cm³/mol. The second-order valence-electron chi connectivity index (χ2n) is 12.2. The van der Waals surface area contributed by atoms with Crippen LogP contribution in [0.5, 0.6) is 28.7 Å². The van der Waals surface area contributed by atoms with Gasteiger partial charge >= 0.3 is 0 Å². The summed E-state index contributed by atoms with van der Waals surface area (Å²) in [6.07, 6.45) is 1.71. The van der Waals surface area contributed by atoms with Gasteiger partial charge in [-0.2, -0.15) is 0 Å². The largest absolute Gasteiger partial charge is 0.540 e. The summed E-state index contributed by atoms with van der Waals surface area (Å²) in [5, 5.41) is 3.74. The molecule has 0 aromatic heterocycles.